The molecule has 2 saturated heterocycles. The molecule has 1 aromatic rings. The van der Waals surface area contributed by atoms with Crippen molar-refractivity contribution < 1.29 is 4.92 Å². The fourth-order valence-corrected chi connectivity index (χ4v) is 3.32. The van der Waals surface area contributed by atoms with Crippen molar-refractivity contribution in [3.05, 3.63) is 28.3 Å². The standard InChI is InChI=1S/C16H24N4O2/c1-17-9-11-18(12-10-17)14-5-6-15(16(13-14)20(21)22)19-7-3-2-4-8-19/h5-6,13H,2-4,7-12H2,1H3. The second kappa shape index (κ2) is 6.52. The van der Waals surface area contributed by atoms with E-state index in [0.29, 0.717) is 0 Å². The molecule has 22 heavy (non-hydrogen) atoms. The molecular formula is C16H24N4O2. The largest absolute Gasteiger partial charge is 0.369 e. The van der Waals surface area contributed by atoms with Gasteiger partial charge in [0, 0.05) is 51.0 Å². The molecule has 2 fully saturated rings. The van der Waals surface area contributed by atoms with Crippen molar-refractivity contribution in [2.45, 2.75) is 19.3 Å². The highest BCUT2D eigenvalue weighted by Crippen LogP contribution is 2.34. The molecule has 6 nitrogen and oxygen atoms in total. The number of hydrogen-bond donors (Lipinski definition) is 0. The van der Waals surface area contributed by atoms with Crippen molar-refractivity contribution in [3.8, 4) is 0 Å². The van der Waals surface area contributed by atoms with Gasteiger partial charge in [0.2, 0.25) is 0 Å². The number of benzene rings is 1. The molecule has 0 unspecified atom stereocenters. The second-order valence-electron chi connectivity index (χ2n) is 6.27. The van der Waals surface area contributed by atoms with Crippen LogP contribution in [0.1, 0.15) is 19.3 Å². The first-order valence-corrected chi connectivity index (χ1v) is 8.12. The van der Waals surface area contributed by atoms with Crippen molar-refractivity contribution in [1.29, 1.82) is 0 Å². The Morgan fingerprint density at radius 2 is 1.64 bits per heavy atom. The first kappa shape index (κ1) is 15.1. The highest BCUT2D eigenvalue weighted by atomic mass is 16.6. The van der Waals surface area contributed by atoms with E-state index in [1.807, 2.05) is 12.1 Å². The Bertz CT molecular complexity index is 535. The summed E-state index contributed by atoms with van der Waals surface area (Å²) in [5, 5.41) is 11.5. The summed E-state index contributed by atoms with van der Waals surface area (Å²) in [7, 11) is 2.11. The van der Waals surface area contributed by atoms with E-state index < -0.39 is 0 Å². The molecule has 2 heterocycles. The number of piperidine rings is 1. The zero-order chi connectivity index (χ0) is 15.5. The summed E-state index contributed by atoms with van der Waals surface area (Å²) < 4.78 is 0. The molecule has 6 heteroatoms. The smallest absolute Gasteiger partial charge is 0.294 e. The van der Waals surface area contributed by atoms with Crippen molar-refractivity contribution in [2.75, 3.05) is 56.1 Å². The third-order valence-corrected chi connectivity index (χ3v) is 4.72. The summed E-state index contributed by atoms with van der Waals surface area (Å²) in [4.78, 5) is 18.0. The zero-order valence-electron chi connectivity index (χ0n) is 13.2. The van der Waals surface area contributed by atoms with Gasteiger partial charge in [-0.15, -0.1) is 0 Å². The van der Waals surface area contributed by atoms with E-state index in [4.69, 9.17) is 0 Å². The van der Waals surface area contributed by atoms with E-state index in [0.717, 1.165) is 63.5 Å². The van der Waals surface area contributed by atoms with E-state index in [1.54, 1.807) is 6.07 Å². The fraction of sp³-hybridized carbons (Fsp3) is 0.625. The molecule has 0 bridgehead atoms. The van der Waals surface area contributed by atoms with Crippen molar-refractivity contribution in [2.24, 2.45) is 0 Å². The normalized spacial score (nSPS) is 20.2. The molecular weight excluding hydrogens is 280 g/mol. The van der Waals surface area contributed by atoms with E-state index in [2.05, 4.69) is 21.7 Å². The summed E-state index contributed by atoms with van der Waals surface area (Å²) in [6, 6.07) is 5.74. The lowest BCUT2D eigenvalue weighted by atomic mass is 10.1. The van der Waals surface area contributed by atoms with Gasteiger partial charge in [0.15, 0.2) is 0 Å². The van der Waals surface area contributed by atoms with Crippen LogP contribution in [0.4, 0.5) is 17.1 Å². The van der Waals surface area contributed by atoms with Crippen LogP contribution in [0.25, 0.3) is 0 Å². The van der Waals surface area contributed by atoms with Gasteiger partial charge in [-0.05, 0) is 38.4 Å². The molecule has 0 aliphatic carbocycles. The minimum Gasteiger partial charge on any atom is -0.369 e. The lowest BCUT2D eigenvalue weighted by molar-refractivity contribution is -0.384. The highest BCUT2D eigenvalue weighted by molar-refractivity contribution is 5.70. The van der Waals surface area contributed by atoms with Gasteiger partial charge in [-0.1, -0.05) is 0 Å². The van der Waals surface area contributed by atoms with Crippen molar-refractivity contribution in [3.63, 3.8) is 0 Å². The molecule has 0 spiro atoms. The molecule has 1 aromatic carbocycles. The Morgan fingerprint density at radius 3 is 2.27 bits per heavy atom. The van der Waals surface area contributed by atoms with Crippen LogP contribution in [-0.4, -0.2) is 56.1 Å². The average Bonchev–Trinajstić information content (AvgIpc) is 2.56. The Labute approximate surface area is 131 Å². The summed E-state index contributed by atoms with van der Waals surface area (Å²) in [6.45, 7) is 5.71. The molecule has 2 aliphatic rings. The van der Waals surface area contributed by atoms with Crippen LogP contribution in [0.3, 0.4) is 0 Å². The zero-order valence-corrected chi connectivity index (χ0v) is 13.2. The number of hydrogen-bond acceptors (Lipinski definition) is 5. The molecule has 0 aromatic heterocycles. The van der Waals surface area contributed by atoms with Crippen LogP contribution < -0.4 is 9.80 Å². The topological polar surface area (TPSA) is 52.9 Å². The number of nitrogens with zero attached hydrogens (tertiary/aromatic N) is 4. The number of anilines is 2. The number of piperazine rings is 1. The highest BCUT2D eigenvalue weighted by Gasteiger charge is 2.23. The molecule has 0 amide bonds. The Kier molecular flexibility index (Phi) is 4.47. The Morgan fingerprint density at radius 1 is 0.955 bits per heavy atom. The van der Waals surface area contributed by atoms with E-state index in [-0.39, 0.29) is 10.6 Å². The van der Waals surface area contributed by atoms with E-state index >= 15 is 0 Å². The van der Waals surface area contributed by atoms with Crippen LogP contribution in [0.5, 0.6) is 0 Å². The summed E-state index contributed by atoms with van der Waals surface area (Å²) in [6.07, 6.45) is 3.47. The minimum absolute atomic E-state index is 0.233. The third kappa shape index (κ3) is 3.16. The lowest BCUT2D eigenvalue weighted by Crippen LogP contribution is -2.44. The van der Waals surface area contributed by atoms with Crippen LogP contribution in [0.2, 0.25) is 0 Å². The molecule has 2 aliphatic heterocycles. The van der Waals surface area contributed by atoms with Gasteiger partial charge >= 0.3 is 0 Å². The average molecular weight is 304 g/mol. The first-order valence-electron chi connectivity index (χ1n) is 8.12. The predicted molar refractivity (Wildman–Crippen MR) is 88.9 cm³/mol. The lowest BCUT2D eigenvalue weighted by Gasteiger charge is -2.34. The quantitative estimate of drug-likeness (QED) is 0.634. The SMILES string of the molecule is CN1CCN(c2ccc(N3CCCCC3)c([N+](=O)[O-])c2)CC1. The second-order valence-corrected chi connectivity index (χ2v) is 6.27. The predicted octanol–water partition coefficient (Wildman–Crippen LogP) is 2.34. The molecule has 3 rings (SSSR count). The van der Waals surface area contributed by atoms with Gasteiger partial charge in [0.05, 0.1) is 4.92 Å². The minimum atomic E-state index is -0.233. The monoisotopic (exact) mass is 304 g/mol. The van der Waals surface area contributed by atoms with Gasteiger partial charge in [-0.25, -0.2) is 0 Å². The summed E-state index contributed by atoms with van der Waals surface area (Å²) >= 11 is 0. The van der Waals surface area contributed by atoms with Crippen LogP contribution in [0, 0.1) is 10.1 Å². The maximum Gasteiger partial charge on any atom is 0.294 e. The van der Waals surface area contributed by atoms with Crippen LogP contribution in [-0.2, 0) is 0 Å². The summed E-state index contributed by atoms with van der Waals surface area (Å²) in [5.41, 5.74) is 2.00. The number of nitro groups is 1. The Hall–Kier alpha value is -1.82. The van der Waals surface area contributed by atoms with Crippen molar-refractivity contribution >= 4 is 17.1 Å². The van der Waals surface area contributed by atoms with Crippen LogP contribution in [0.15, 0.2) is 18.2 Å². The van der Waals surface area contributed by atoms with Gasteiger partial charge in [0.25, 0.3) is 5.69 Å². The molecule has 120 valence electrons. The molecule has 0 atom stereocenters. The van der Waals surface area contributed by atoms with Gasteiger partial charge in [0.1, 0.15) is 5.69 Å². The van der Waals surface area contributed by atoms with E-state index in [9.17, 15) is 10.1 Å². The van der Waals surface area contributed by atoms with Gasteiger partial charge < -0.3 is 14.7 Å². The third-order valence-electron chi connectivity index (χ3n) is 4.72. The fourth-order valence-electron chi connectivity index (χ4n) is 3.32. The van der Waals surface area contributed by atoms with Crippen molar-refractivity contribution in [1.82, 2.24) is 4.90 Å². The maximum atomic E-state index is 11.5. The first-order chi connectivity index (χ1) is 10.6. The van der Waals surface area contributed by atoms with Crippen LogP contribution >= 0.6 is 0 Å². The maximum absolute atomic E-state index is 11.5. The number of likely N-dealkylation sites (N-methyl/N-ethyl adjacent to an activating group) is 1. The molecule has 0 radical (unpaired) electrons. The Balaban J connectivity index is 1.85. The molecule has 0 N–H and O–H groups in total. The van der Waals surface area contributed by atoms with Gasteiger partial charge in [-0.3, -0.25) is 10.1 Å². The number of rotatable bonds is 3. The molecule has 0 saturated carbocycles. The van der Waals surface area contributed by atoms with E-state index in [1.165, 1.54) is 6.42 Å². The van der Waals surface area contributed by atoms with Gasteiger partial charge in [-0.2, -0.15) is 0 Å². The number of nitro benzene ring substituents is 1. The summed E-state index contributed by atoms with van der Waals surface area (Å²) in [5.74, 6) is 0.